The first kappa shape index (κ1) is 56.1. The van der Waals surface area contributed by atoms with Crippen molar-refractivity contribution < 1.29 is 45.3 Å². The highest BCUT2D eigenvalue weighted by Gasteiger charge is 2.38. The van der Waals surface area contributed by atoms with Crippen LogP contribution >= 0.6 is 0 Å². The van der Waals surface area contributed by atoms with Crippen LogP contribution in [-0.4, -0.2) is 138 Å². The van der Waals surface area contributed by atoms with Crippen LogP contribution in [0.1, 0.15) is 74.3 Å². The smallest absolute Gasteiger partial charge is 0.189 e. The number of nitrogens with zero attached hydrogens (tertiary/aromatic N) is 14. The molecule has 26 heteroatoms. The van der Waals surface area contributed by atoms with Gasteiger partial charge in [-0.15, -0.1) is 20.4 Å². The van der Waals surface area contributed by atoms with Crippen LogP contribution in [0, 0.1) is 13.8 Å². The number of methoxy groups -OCH3 is 4. The minimum Gasteiger partial charge on any atom is -0.494 e. The molecule has 8 rings (SSSR count). The van der Waals surface area contributed by atoms with Gasteiger partial charge in [-0.2, -0.15) is 10.2 Å². The van der Waals surface area contributed by atoms with E-state index in [1.807, 2.05) is 13.8 Å². The van der Waals surface area contributed by atoms with Gasteiger partial charge in [0.25, 0.3) is 0 Å². The Balaban J connectivity index is 0.000000221. The summed E-state index contributed by atoms with van der Waals surface area (Å²) < 4.78 is 95.8. The Labute approximate surface area is 441 Å². The first-order valence-corrected chi connectivity index (χ1v) is 27.4. The Hall–Kier alpha value is -7.68. The largest absolute Gasteiger partial charge is 0.494 e. The van der Waals surface area contributed by atoms with Crippen molar-refractivity contribution in [3.63, 3.8) is 0 Å². The van der Waals surface area contributed by atoms with E-state index in [2.05, 4.69) is 50.5 Å². The molecule has 0 spiro atoms. The van der Waals surface area contributed by atoms with Gasteiger partial charge < -0.3 is 28.4 Å². The van der Waals surface area contributed by atoms with Gasteiger partial charge in [0, 0.05) is 64.5 Å². The highest BCUT2D eigenvalue weighted by molar-refractivity contribution is 7.91. The molecule has 0 fully saturated rings. The Bertz CT molecular complexity index is 3180. The molecule has 0 amide bonds. The van der Waals surface area contributed by atoms with E-state index in [4.69, 9.17) is 28.4 Å². The van der Waals surface area contributed by atoms with Crippen molar-refractivity contribution in [2.45, 2.75) is 75.8 Å². The lowest BCUT2D eigenvalue weighted by Gasteiger charge is -2.23. The molecular weight excluding hydrogens is 1020 g/mol. The molecule has 0 radical (unpaired) electrons. The zero-order chi connectivity index (χ0) is 54.9. The van der Waals surface area contributed by atoms with Crippen molar-refractivity contribution in [1.82, 2.24) is 69.0 Å². The topological polar surface area (TPSA) is 272 Å². The summed E-state index contributed by atoms with van der Waals surface area (Å²) in [7, 11) is 1.93. The summed E-state index contributed by atoms with van der Waals surface area (Å²) >= 11 is 0. The fourth-order valence-electron chi connectivity index (χ4n) is 8.09. The van der Waals surface area contributed by atoms with Gasteiger partial charge >= 0.3 is 0 Å². The number of benzene rings is 2. The van der Waals surface area contributed by atoms with E-state index < -0.39 is 53.9 Å². The molecule has 0 aliphatic heterocycles. The van der Waals surface area contributed by atoms with Crippen molar-refractivity contribution in [1.29, 1.82) is 0 Å². The summed E-state index contributed by atoms with van der Waals surface area (Å²) in [5, 5.41) is 24.2. The van der Waals surface area contributed by atoms with Crippen molar-refractivity contribution in [2.24, 2.45) is 14.1 Å². The third kappa shape index (κ3) is 12.2. The van der Waals surface area contributed by atoms with Crippen LogP contribution < -0.4 is 18.9 Å². The van der Waals surface area contributed by atoms with Gasteiger partial charge in [0.05, 0.1) is 38.9 Å². The maximum absolute atomic E-state index is 13.8. The second-order valence-electron chi connectivity index (χ2n) is 17.3. The number of aromatic nitrogens is 14. The van der Waals surface area contributed by atoms with Crippen LogP contribution in [0.25, 0.3) is 34.4 Å². The van der Waals surface area contributed by atoms with E-state index in [0.29, 0.717) is 82.3 Å². The van der Waals surface area contributed by atoms with Gasteiger partial charge in [0.1, 0.15) is 69.5 Å². The normalized spacial score (nSPS) is 13.3. The Morgan fingerprint density at radius 1 is 0.513 bits per heavy atom. The van der Waals surface area contributed by atoms with Crippen molar-refractivity contribution in [3.05, 3.63) is 120 Å². The summed E-state index contributed by atoms with van der Waals surface area (Å²) in [6.07, 6.45) is 8.35. The van der Waals surface area contributed by atoms with Gasteiger partial charge in [-0.05, 0) is 89.1 Å². The number of rotatable bonds is 22. The molecule has 404 valence electrons. The Morgan fingerprint density at radius 3 is 1.12 bits per heavy atom. The number of ether oxygens (including phenoxy) is 6. The minimum atomic E-state index is -3.86. The second-order valence-corrected chi connectivity index (χ2v) is 22.1. The minimum absolute atomic E-state index is 0.167. The summed E-state index contributed by atoms with van der Waals surface area (Å²) in [6.45, 7) is 11.1. The van der Waals surface area contributed by atoms with Gasteiger partial charge in [-0.25, -0.2) is 36.8 Å². The summed E-state index contributed by atoms with van der Waals surface area (Å²) in [6, 6.07) is 14.1. The van der Waals surface area contributed by atoms with Gasteiger partial charge in [-0.1, -0.05) is 12.1 Å². The lowest BCUT2D eigenvalue weighted by Crippen LogP contribution is -2.30. The average molecular weight is 1080 g/mol. The lowest BCUT2D eigenvalue weighted by atomic mass is 10.2. The van der Waals surface area contributed by atoms with Crippen LogP contribution in [0.15, 0.2) is 85.7 Å². The Morgan fingerprint density at radius 2 is 0.842 bits per heavy atom. The standard InChI is InChI=1S/2C25H31N7O5S/c2*1-7-37-23(24-26-13-16(2)14-27-24)17(3)38(33,34)15-21-28-29-25(18-11-12-31(4)30-18)32(21)22-19(35-5)9-8-10-20(22)36-6/h2*8-14,17,23H,7,15H2,1-6H3/t2*17-,23-/m10/s1. The molecule has 0 aliphatic rings. The molecular formula is C50H62N14O10S2. The molecule has 0 bridgehead atoms. The molecule has 0 saturated heterocycles. The fourth-order valence-corrected chi connectivity index (χ4v) is 10.9. The molecule has 4 atom stereocenters. The number of sulfone groups is 2. The van der Waals surface area contributed by atoms with E-state index in [1.54, 1.807) is 146 Å². The van der Waals surface area contributed by atoms with Crippen molar-refractivity contribution >= 4 is 19.7 Å². The van der Waals surface area contributed by atoms with Crippen LogP contribution in [-0.2, 0) is 54.7 Å². The molecule has 0 N–H and O–H groups in total. The summed E-state index contributed by atoms with van der Waals surface area (Å²) in [5.41, 5.74) is 3.66. The zero-order valence-corrected chi connectivity index (χ0v) is 46.0. The SMILES string of the molecule is CCO[C@@H](c1ncc(C)cn1)[C@@H](C)S(=O)(=O)Cc1nnc(-c2ccn(C)n2)n1-c1c(OC)cccc1OC.CCO[C@H](c1ncc(C)cn1)[C@H](C)S(=O)(=O)Cc1nnc(-c2ccn(C)n2)n1-c1c(OC)cccc1OC. The predicted molar refractivity (Wildman–Crippen MR) is 280 cm³/mol. The number of hydrogen-bond donors (Lipinski definition) is 0. The van der Waals surface area contributed by atoms with E-state index in [9.17, 15) is 16.8 Å². The first-order chi connectivity index (χ1) is 36.4. The highest BCUT2D eigenvalue weighted by atomic mass is 32.2. The van der Waals surface area contributed by atoms with Gasteiger partial charge in [0.15, 0.2) is 54.6 Å². The van der Waals surface area contributed by atoms with Crippen molar-refractivity contribution in [2.75, 3.05) is 41.7 Å². The molecule has 6 heterocycles. The van der Waals surface area contributed by atoms with Crippen LogP contribution in [0.5, 0.6) is 23.0 Å². The molecule has 2 aromatic carbocycles. The molecule has 0 saturated carbocycles. The third-order valence-corrected chi connectivity index (χ3v) is 16.1. The molecule has 0 unspecified atom stereocenters. The fraction of sp³-hybridized carbons (Fsp3) is 0.400. The predicted octanol–water partition coefficient (Wildman–Crippen LogP) is 5.73. The quantitative estimate of drug-likeness (QED) is 0.0784. The summed E-state index contributed by atoms with van der Waals surface area (Å²) in [5.74, 6) is 2.55. The zero-order valence-electron chi connectivity index (χ0n) is 44.4. The molecule has 6 aromatic heterocycles. The number of aryl methyl sites for hydroxylation is 4. The molecule has 8 aromatic rings. The summed E-state index contributed by atoms with van der Waals surface area (Å²) in [4.78, 5) is 17.3. The molecule has 76 heavy (non-hydrogen) atoms. The van der Waals surface area contributed by atoms with Crippen LogP contribution in [0.3, 0.4) is 0 Å². The monoisotopic (exact) mass is 1080 g/mol. The second kappa shape index (κ2) is 24.3. The van der Waals surface area contributed by atoms with E-state index in [1.165, 1.54) is 28.4 Å². The Kier molecular flexibility index (Phi) is 17.9. The van der Waals surface area contributed by atoms with Gasteiger partial charge in [-0.3, -0.25) is 18.5 Å². The number of hydrogen-bond acceptors (Lipinski definition) is 20. The van der Waals surface area contributed by atoms with E-state index >= 15 is 0 Å². The molecule has 0 aliphatic carbocycles. The van der Waals surface area contributed by atoms with E-state index in [-0.39, 0.29) is 11.6 Å². The molecule has 24 nitrogen and oxygen atoms in total. The van der Waals surface area contributed by atoms with Crippen LogP contribution in [0.2, 0.25) is 0 Å². The average Bonchev–Trinajstić information content (AvgIpc) is 4.24. The van der Waals surface area contributed by atoms with E-state index in [0.717, 1.165) is 11.1 Å². The maximum Gasteiger partial charge on any atom is 0.189 e. The highest BCUT2D eigenvalue weighted by Crippen LogP contribution is 2.39. The lowest BCUT2D eigenvalue weighted by molar-refractivity contribution is 0.0555. The third-order valence-electron chi connectivity index (χ3n) is 12.0. The van der Waals surface area contributed by atoms with Crippen LogP contribution in [0.4, 0.5) is 0 Å². The number of para-hydroxylation sites is 2. The van der Waals surface area contributed by atoms with Gasteiger partial charge in [0.2, 0.25) is 0 Å². The van der Waals surface area contributed by atoms with Crippen molar-refractivity contribution in [3.8, 4) is 57.4 Å². The maximum atomic E-state index is 13.8. The first-order valence-electron chi connectivity index (χ1n) is 23.9.